The molecule has 0 radical (unpaired) electrons. The number of hydrogen-bond donors (Lipinski definition) is 11. The number of amides is 7. The number of aromatic hydroxyl groups is 1. The van der Waals surface area contributed by atoms with Crippen LogP contribution in [0.2, 0.25) is 0 Å². The van der Waals surface area contributed by atoms with E-state index in [0.717, 1.165) is 57.1 Å². The topological polar surface area (TPSA) is 327 Å². The van der Waals surface area contributed by atoms with Gasteiger partial charge in [0.05, 0.1) is 57.0 Å². The van der Waals surface area contributed by atoms with Crippen molar-refractivity contribution < 1.29 is 73.3 Å². The van der Waals surface area contributed by atoms with Gasteiger partial charge in [0.25, 0.3) is 5.91 Å². The number of aliphatic hydroxyl groups excluding tert-OH is 4. The molecule has 0 aliphatic carbocycles. The summed E-state index contributed by atoms with van der Waals surface area (Å²) in [5, 5.41) is 73.1. The summed E-state index contributed by atoms with van der Waals surface area (Å²) in [6.07, 6.45) is -2.19. The molecule has 0 spiro atoms. The van der Waals surface area contributed by atoms with Gasteiger partial charge in [0, 0.05) is 56.5 Å². The molecular weight excluding hydrogens is 1160 g/mol. The van der Waals surface area contributed by atoms with E-state index in [2.05, 4.69) is 52.0 Å². The van der Waals surface area contributed by atoms with E-state index in [1.807, 2.05) is 48.5 Å². The molecule has 7 rings (SSSR count). The lowest BCUT2D eigenvalue weighted by Crippen LogP contribution is -2.64. The number of hydrogen-bond acceptors (Lipinski definition) is 16. The summed E-state index contributed by atoms with van der Waals surface area (Å²) in [6, 6.07) is 18.2. The largest absolute Gasteiger partial charge is 0.508 e. The Morgan fingerprint density at radius 2 is 1.29 bits per heavy atom. The second-order valence-electron chi connectivity index (χ2n) is 23.4. The molecule has 486 valence electrons. The summed E-state index contributed by atoms with van der Waals surface area (Å²) < 4.78 is 16.7. The standard InChI is InChI=1S/C67H88N8O15/c1-8-11-12-32-90-50-27-23-45(24-28-50)43-15-13-42(14-16-43)44-17-19-47(20-18-44)61(81)69-52-29-30-54(68-31-33-89-35-34-88-7)70-65(85)58-59(79)40(5)37-75(58)67(87)56(41(6)76)72-64(84)57(60(80)51(10-3)46-21-25-48(77)26-22-46)73-63(83)53-36-49(78)38-74(53)66(86)55(39(4)9-2)71-62(52)82/h9-10,13-28,39-41,49,51-60,68,76-80H,2-3,8,11-12,29-38H2,1,4-7H3,(H,69,81)(H,70,85)(H,71,82)(H,72,84)(H,73,83)/t39-,40-,41+,49+,51-,52?,53?,54?,55?,56?,57?,58?,59-,60+/m0/s1. The number of fused-ring (bicyclic) bond motifs is 2. The average molecular weight is 1250 g/mol. The first-order valence-corrected chi connectivity index (χ1v) is 30.8. The smallest absolute Gasteiger partial charge is 0.251 e. The molecule has 7 unspecified atom stereocenters. The molecule has 11 N–H and O–H groups in total. The number of ether oxygens (including phenoxy) is 3. The van der Waals surface area contributed by atoms with Crippen LogP contribution in [0.25, 0.3) is 22.3 Å². The van der Waals surface area contributed by atoms with Crippen molar-refractivity contribution in [2.45, 2.75) is 139 Å². The number of carbonyl (C=O) groups is 7. The summed E-state index contributed by atoms with van der Waals surface area (Å²) in [4.78, 5) is 106. The summed E-state index contributed by atoms with van der Waals surface area (Å²) in [7, 11) is 1.52. The van der Waals surface area contributed by atoms with Crippen LogP contribution < -0.4 is 36.6 Å². The van der Waals surface area contributed by atoms with Crippen LogP contribution in [0.15, 0.2) is 122 Å². The summed E-state index contributed by atoms with van der Waals surface area (Å²) >= 11 is 0. The minimum Gasteiger partial charge on any atom is -0.508 e. The maximum Gasteiger partial charge on any atom is 0.251 e. The number of carbonyl (C=O) groups excluding carboxylic acids is 7. The zero-order chi connectivity index (χ0) is 65.2. The van der Waals surface area contributed by atoms with Crippen LogP contribution >= 0.6 is 0 Å². The second-order valence-corrected chi connectivity index (χ2v) is 23.4. The number of rotatable bonds is 23. The van der Waals surface area contributed by atoms with E-state index < -0.39 is 132 Å². The number of phenols is 1. The number of aliphatic hydroxyl groups is 4. The molecule has 0 bridgehead atoms. The highest BCUT2D eigenvalue weighted by molar-refractivity contribution is 6.00. The quantitative estimate of drug-likeness (QED) is 0.0376. The van der Waals surface area contributed by atoms with Crippen molar-refractivity contribution in [2.75, 3.05) is 53.2 Å². The van der Waals surface area contributed by atoms with Crippen molar-refractivity contribution in [2.24, 2.45) is 11.8 Å². The third-order valence-corrected chi connectivity index (χ3v) is 16.8. The number of methoxy groups -OCH3 is 1. The molecule has 3 heterocycles. The van der Waals surface area contributed by atoms with Gasteiger partial charge >= 0.3 is 0 Å². The Morgan fingerprint density at radius 1 is 0.689 bits per heavy atom. The molecule has 0 saturated carbocycles. The van der Waals surface area contributed by atoms with Crippen molar-refractivity contribution in [1.29, 1.82) is 0 Å². The van der Waals surface area contributed by atoms with E-state index in [9.17, 15) is 49.5 Å². The van der Waals surface area contributed by atoms with Crippen LogP contribution in [-0.4, -0.2) is 197 Å². The second kappa shape index (κ2) is 33.2. The summed E-state index contributed by atoms with van der Waals surface area (Å²) in [5.41, 5.74) is 4.19. The lowest BCUT2D eigenvalue weighted by molar-refractivity contribution is -0.147. The third-order valence-electron chi connectivity index (χ3n) is 16.8. The van der Waals surface area contributed by atoms with E-state index in [-0.39, 0.29) is 56.9 Å². The highest BCUT2D eigenvalue weighted by Gasteiger charge is 2.50. The van der Waals surface area contributed by atoms with Gasteiger partial charge in [-0.15, -0.1) is 13.2 Å². The molecule has 3 aliphatic heterocycles. The molecular formula is C67H88N8O15. The molecule has 0 aromatic heterocycles. The zero-order valence-corrected chi connectivity index (χ0v) is 51.8. The van der Waals surface area contributed by atoms with Gasteiger partial charge in [-0.3, -0.25) is 38.9 Å². The van der Waals surface area contributed by atoms with Gasteiger partial charge in [-0.2, -0.15) is 0 Å². The number of phenolic OH excluding ortho intramolecular Hbond substituents is 1. The fourth-order valence-corrected chi connectivity index (χ4v) is 11.4. The number of nitrogens with one attached hydrogen (secondary N) is 6. The van der Waals surface area contributed by atoms with Gasteiger partial charge in [0.2, 0.25) is 35.4 Å². The molecule has 23 nitrogen and oxygen atoms in total. The highest BCUT2D eigenvalue weighted by atomic mass is 16.5. The monoisotopic (exact) mass is 1240 g/mol. The number of unbranched alkanes of at least 4 members (excludes halogenated alkanes) is 2. The molecule has 3 saturated heterocycles. The first-order valence-electron chi connectivity index (χ1n) is 30.8. The Kier molecular flexibility index (Phi) is 25.6. The van der Waals surface area contributed by atoms with Gasteiger partial charge in [-0.25, -0.2) is 0 Å². The summed E-state index contributed by atoms with van der Waals surface area (Å²) in [5.74, 6) is -8.53. The van der Waals surface area contributed by atoms with Crippen molar-refractivity contribution in [3.05, 3.63) is 133 Å². The maximum absolute atomic E-state index is 15.0. The van der Waals surface area contributed by atoms with Crippen molar-refractivity contribution in [3.8, 4) is 33.8 Å². The Morgan fingerprint density at radius 3 is 1.89 bits per heavy atom. The molecule has 7 amide bonds. The van der Waals surface area contributed by atoms with Crippen LogP contribution in [0, 0.1) is 11.8 Å². The molecule has 4 aromatic carbocycles. The molecule has 3 fully saturated rings. The Hall–Kier alpha value is -8.03. The molecule has 90 heavy (non-hydrogen) atoms. The van der Waals surface area contributed by atoms with Crippen molar-refractivity contribution in [1.82, 2.24) is 41.7 Å². The van der Waals surface area contributed by atoms with E-state index in [4.69, 9.17) is 14.2 Å². The van der Waals surface area contributed by atoms with Gasteiger partial charge in [0.15, 0.2) is 0 Å². The van der Waals surface area contributed by atoms with E-state index >= 15 is 9.59 Å². The van der Waals surface area contributed by atoms with Crippen molar-refractivity contribution in [3.63, 3.8) is 0 Å². The molecule has 23 heteroatoms. The predicted octanol–water partition coefficient (Wildman–Crippen LogP) is 3.04. The summed E-state index contributed by atoms with van der Waals surface area (Å²) in [6.45, 7) is 15.0. The molecule has 3 aliphatic rings. The molecule has 14 atom stereocenters. The minimum absolute atomic E-state index is 0.109. The minimum atomic E-state index is -2.00. The Balaban J connectivity index is 1.23. The van der Waals surface area contributed by atoms with Crippen molar-refractivity contribution >= 4 is 41.4 Å². The number of nitrogens with zero attached hydrogens (tertiary/aromatic N) is 2. The predicted molar refractivity (Wildman–Crippen MR) is 336 cm³/mol. The van der Waals surface area contributed by atoms with Crippen LogP contribution in [0.1, 0.15) is 88.1 Å². The lowest BCUT2D eigenvalue weighted by atomic mass is 9.88. The maximum atomic E-state index is 15.0. The first kappa shape index (κ1) is 69.4. The Bertz CT molecular complexity index is 3080. The third kappa shape index (κ3) is 17.9. The fourth-order valence-electron chi connectivity index (χ4n) is 11.4. The van der Waals surface area contributed by atoms with Gasteiger partial charge in [-0.1, -0.05) is 106 Å². The van der Waals surface area contributed by atoms with Gasteiger partial charge in [0.1, 0.15) is 47.8 Å². The van der Waals surface area contributed by atoms with Gasteiger partial charge < -0.3 is 76.1 Å². The zero-order valence-electron chi connectivity index (χ0n) is 51.8. The normalized spacial score (nSPS) is 25.2. The highest BCUT2D eigenvalue weighted by Crippen LogP contribution is 2.31. The number of benzene rings is 4. The average Bonchev–Trinajstić information content (AvgIpc) is 1.67. The van der Waals surface area contributed by atoms with E-state index in [1.54, 1.807) is 38.1 Å². The van der Waals surface area contributed by atoms with Crippen LogP contribution in [0.3, 0.4) is 0 Å². The first-order chi connectivity index (χ1) is 43.2. The van der Waals surface area contributed by atoms with E-state index in [0.29, 0.717) is 18.8 Å². The van der Waals surface area contributed by atoms with Gasteiger partial charge in [-0.05, 0) is 90.4 Å². The SMILES string of the molecule is C=C[C@H](C)C1NC(=O)C(NC(=O)c2ccc(-c3ccc(-c4ccc(OCCCCC)cc4)cc3)cc2)CCC(NCCOCCOC)NC(=O)C2[C@@H](O)[C@@H](C)CN2C(=O)C([C@@H](C)O)NC(=O)C([C@H](O)[C@@H](C=C)c2ccc(O)cc2)NC(=O)C2C[C@@H](O)CN2C1=O. The lowest BCUT2D eigenvalue weighted by Gasteiger charge is -2.34. The van der Waals surface area contributed by atoms with Crippen LogP contribution in [0.5, 0.6) is 11.5 Å². The Labute approximate surface area is 525 Å². The van der Waals surface area contributed by atoms with Crippen LogP contribution in [0.4, 0.5) is 0 Å². The van der Waals surface area contributed by atoms with E-state index in [1.165, 1.54) is 50.5 Å². The van der Waals surface area contributed by atoms with Crippen LogP contribution in [-0.2, 0) is 38.2 Å². The molecule has 4 aromatic rings. The fraction of sp³-hybridized carbons (Fsp3) is 0.478.